The summed E-state index contributed by atoms with van der Waals surface area (Å²) in [5.74, 6) is -0.00983. The van der Waals surface area contributed by atoms with Gasteiger partial charge >= 0.3 is 0 Å². The Kier molecular flexibility index (Phi) is 4.76. The molecular formula is C18H21ClN2OS. The Morgan fingerprint density at radius 2 is 2.22 bits per heavy atom. The van der Waals surface area contributed by atoms with Crippen molar-refractivity contribution in [2.45, 2.75) is 33.2 Å². The van der Waals surface area contributed by atoms with Gasteiger partial charge in [-0.15, -0.1) is 11.3 Å². The molecule has 1 unspecified atom stereocenters. The number of hydrogen-bond acceptors (Lipinski definition) is 3. The molecule has 0 fully saturated rings. The summed E-state index contributed by atoms with van der Waals surface area (Å²) in [6.07, 6.45) is 1.02. The van der Waals surface area contributed by atoms with Gasteiger partial charge in [0.15, 0.2) is 0 Å². The molecule has 1 aromatic heterocycles. The molecule has 0 radical (unpaired) electrons. The van der Waals surface area contributed by atoms with Crippen LogP contribution in [0.1, 0.15) is 34.5 Å². The predicted octanol–water partition coefficient (Wildman–Crippen LogP) is 4.58. The molecule has 0 saturated carbocycles. The highest BCUT2D eigenvalue weighted by atomic mass is 35.5. The maximum Gasteiger partial charge on any atom is 0.238 e. The number of halogens is 1. The van der Waals surface area contributed by atoms with Gasteiger partial charge in [-0.2, -0.15) is 0 Å². The van der Waals surface area contributed by atoms with Crippen LogP contribution in [0.15, 0.2) is 23.6 Å². The van der Waals surface area contributed by atoms with Crippen LogP contribution in [-0.4, -0.2) is 23.9 Å². The van der Waals surface area contributed by atoms with Crippen LogP contribution in [0.5, 0.6) is 0 Å². The highest BCUT2D eigenvalue weighted by Crippen LogP contribution is 2.33. The number of fused-ring (bicyclic) bond motifs is 1. The first kappa shape index (κ1) is 16.5. The van der Waals surface area contributed by atoms with E-state index in [0.29, 0.717) is 11.6 Å². The summed E-state index contributed by atoms with van der Waals surface area (Å²) >= 11 is 8.09. The smallest absolute Gasteiger partial charge is 0.238 e. The molecule has 1 aliphatic heterocycles. The van der Waals surface area contributed by atoms with Crippen molar-refractivity contribution in [3.63, 3.8) is 0 Å². The van der Waals surface area contributed by atoms with Crippen LogP contribution in [0.3, 0.4) is 0 Å². The van der Waals surface area contributed by atoms with Gasteiger partial charge in [0.1, 0.15) is 0 Å². The molecule has 1 aliphatic rings. The lowest BCUT2D eigenvalue weighted by Crippen LogP contribution is -2.39. The van der Waals surface area contributed by atoms with Crippen molar-refractivity contribution < 1.29 is 4.79 Å². The number of carbonyl (C=O) groups excluding carboxylic acids is 1. The molecule has 0 aliphatic carbocycles. The largest absolute Gasteiger partial charge is 0.323 e. The molecule has 23 heavy (non-hydrogen) atoms. The van der Waals surface area contributed by atoms with Gasteiger partial charge in [0, 0.05) is 17.5 Å². The van der Waals surface area contributed by atoms with Gasteiger partial charge in [-0.1, -0.05) is 17.7 Å². The first-order valence-electron chi connectivity index (χ1n) is 7.82. The van der Waals surface area contributed by atoms with Gasteiger partial charge in [-0.05, 0) is 61.4 Å². The molecule has 0 saturated heterocycles. The van der Waals surface area contributed by atoms with Crippen molar-refractivity contribution in [3.8, 4) is 0 Å². The third-order valence-electron chi connectivity index (χ3n) is 4.45. The molecule has 0 spiro atoms. The summed E-state index contributed by atoms with van der Waals surface area (Å²) in [7, 11) is 0. The highest BCUT2D eigenvalue weighted by molar-refractivity contribution is 7.10. The van der Waals surface area contributed by atoms with Crippen molar-refractivity contribution in [2.75, 3.05) is 18.4 Å². The Morgan fingerprint density at radius 3 is 2.96 bits per heavy atom. The van der Waals surface area contributed by atoms with Crippen LogP contribution >= 0.6 is 22.9 Å². The fourth-order valence-corrected chi connectivity index (χ4v) is 4.55. The van der Waals surface area contributed by atoms with Gasteiger partial charge in [0.05, 0.1) is 17.3 Å². The van der Waals surface area contributed by atoms with Gasteiger partial charge in [0.2, 0.25) is 5.91 Å². The van der Waals surface area contributed by atoms with Crippen molar-refractivity contribution in [3.05, 3.63) is 50.2 Å². The molecule has 1 amide bonds. The number of amides is 1. The number of rotatable bonds is 3. The van der Waals surface area contributed by atoms with Crippen LogP contribution in [0.2, 0.25) is 5.02 Å². The van der Waals surface area contributed by atoms with E-state index >= 15 is 0 Å². The summed E-state index contributed by atoms with van der Waals surface area (Å²) in [5, 5.41) is 5.72. The van der Waals surface area contributed by atoms with Gasteiger partial charge in [0.25, 0.3) is 0 Å². The van der Waals surface area contributed by atoms with E-state index in [1.807, 2.05) is 37.3 Å². The second-order valence-electron chi connectivity index (χ2n) is 6.18. The Balaban J connectivity index is 1.69. The van der Waals surface area contributed by atoms with E-state index in [-0.39, 0.29) is 11.9 Å². The molecular weight excluding hydrogens is 328 g/mol. The van der Waals surface area contributed by atoms with E-state index in [9.17, 15) is 4.79 Å². The number of hydrogen-bond donors (Lipinski definition) is 1. The maximum atomic E-state index is 12.5. The topological polar surface area (TPSA) is 32.3 Å². The van der Waals surface area contributed by atoms with Gasteiger partial charge < -0.3 is 5.32 Å². The zero-order valence-corrected chi connectivity index (χ0v) is 15.2. The van der Waals surface area contributed by atoms with Crippen LogP contribution < -0.4 is 5.32 Å². The number of carbonyl (C=O) groups is 1. The minimum atomic E-state index is -0.00983. The minimum absolute atomic E-state index is 0.00983. The predicted molar refractivity (Wildman–Crippen MR) is 97.6 cm³/mol. The summed E-state index contributed by atoms with van der Waals surface area (Å²) in [6.45, 7) is 7.44. The second-order valence-corrected chi connectivity index (χ2v) is 7.59. The number of aryl methyl sites for hydroxylation is 2. The number of nitrogens with zero attached hydrogens (tertiary/aromatic N) is 1. The third-order valence-corrected chi connectivity index (χ3v) is 5.74. The number of nitrogens with one attached hydrogen (secondary N) is 1. The van der Waals surface area contributed by atoms with Crippen LogP contribution in [-0.2, 0) is 11.2 Å². The van der Waals surface area contributed by atoms with Gasteiger partial charge in [-0.3, -0.25) is 9.69 Å². The molecule has 5 heteroatoms. The summed E-state index contributed by atoms with van der Waals surface area (Å²) in [4.78, 5) is 16.1. The lowest BCUT2D eigenvalue weighted by atomic mass is 10.0. The lowest BCUT2D eigenvalue weighted by Gasteiger charge is -2.33. The molecule has 122 valence electrons. The molecule has 1 aromatic carbocycles. The Labute approximate surface area is 146 Å². The van der Waals surface area contributed by atoms with Crippen LogP contribution in [0.4, 0.5) is 5.69 Å². The zero-order chi connectivity index (χ0) is 16.6. The van der Waals surface area contributed by atoms with E-state index in [2.05, 4.69) is 28.6 Å². The summed E-state index contributed by atoms with van der Waals surface area (Å²) in [5.41, 5.74) is 4.18. The van der Waals surface area contributed by atoms with Gasteiger partial charge in [-0.25, -0.2) is 0 Å². The quantitative estimate of drug-likeness (QED) is 0.880. The Hall–Kier alpha value is -1.36. The highest BCUT2D eigenvalue weighted by Gasteiger charge is 2.26. The first-order chi connectivity index (χ1) is 11.0. The first-order valence-corrected chi connectivity index (χ1v) is 9.08. The van der Waals surface area contributed by atoms with Crippen molar-refractivity contribution in [1.82, 2.24) is 4.90 Å². The standard InChI is InChI=1S/C18H21ClN2OS/c1-11-8-12(2)18(15(19)9-11)20-17(22)10-21-6-4-16-14(13(21)3)5-7-23-16/h5,7-9,13H,4,6,10H2,1-3H3,(H,20,22). The minimum Gasteiger partial charge on any atom is -0.323 e. The van der Waals surface area contributed by atoms with Crippen molar-refractivity contribution in [2.24, 2.45) is 0 Å². The molecule has 0 bridgehead atoms. The monoisotopic (exact) mass is 348 g/mol. The number of benzene rings is 1. The number of thiophene rings is 1. The molecule has 1 N–H and O–H groups in total. The average molecular weight is 349 g/mol. The normalized spacial score (nSPS) is 17.8. The fraction of sp³-hybridized carbons (Fsp3) is 0.389. The van der Waals surface area contributed by atoms with E-state index < -0.39 is 0 Å². The van der Waals surface area contributed by atoms with E-state index in [1.165, 1.54) is 10.4 Å². The molecule has 1 atom stereocenters. The van der Waals surface area contributed by atoms with E-state index in [0.717, 1.165) is 29.8 Å². The van der Waals surface area contributed by atoms with E-state index in [4.69, 9.17) is 11.6 Å². The Bertz CT molecular complexity index is 717. The van der Waals surface area contributed by atoms with Crippen LogP contribution in [0, 0.1) is 13.8 Å². The van der Waals surface area contributed by atoms with Crippen LogP contribution in [0.25, 0.3) is 0 Å². The maximum absolute atomic E-state index is 12.5. The molecule has 3 rings (SSSR count). The van der Waals surface area contributed by atoms with Crippen molar-refractivity contribution >= 4 is 34.5 Å². The Morgan fingerprint density at radius 1 is 1.43 bits per heavy atom. The lowest BCUT2D eigenvalue weighted by molar-refractivity contribution is -0.117. The summed E-state index contributed by atoms with van der Waals surface area (Å²) in [6, 6.07) is 6.37. The molecule has 2 heterocycles. The molecule has 2 aromatic rings. The summed E-state index contributed by atoms with van der Waals surface area (Å²) < 4.78 is 0. The zero-order valence-electron chi connectivity index (χ0n) is 13.6. The fourth-order valence-electron chi connectivity index (χ4n) is 3.21. The number of anilines is 1. The second kappa shape index (κ2) is 6.63. The SMILES string of the molecule is Cc1cc(C)c(NC(=O)CN2CCc3sccc3C2C)c(Cl)c1. The van der Waals surface area contributed by atoms with Crippen molar-refractivity contribution in [1.29, 1.82) is 0 Å². The average Bonchev–Trinajstić information content (AvgIpc) is 2.95. The third kappa shape index (κ3) is 3.44. The van der Waals surface area contributed by atoms with E-state index in [1.54, 1.807) is 0 Å². The molecule has 3 nitrogen and oxygen atoms in total.